The van der Waals surface area contributed by atoms with E-state index in [1.54, 1.807) is 7.11 Å². The predicted octanol–water partition coefficient (Wildman–Crippen LogP) is 2.88. The van der Waals surface area contributed by atoms with Gasteiger partial charge in [-0.25, -0.2) is 0 Å². The van der Waals surface area contributed by atoms with Gasteiger partial charge in [0, 0.05) is 12.0 Å². The third-order valence-corrected chi connectivity index (χ3v) is 3.92. The van der Waals surface area contributed by atoms with E-state index in [0.717, 1.165) is 28.8 Å². The smallest absolute Gasteiger partial charge is 0.133 e. The summed E-state index contributed by atoms with van der Waals surface area (Å²) in [7, 11) is 1.66. The molecule has 1 aromatic carbocycles. The molecule has 0 aromatic heterocycles. The Morgan fingerprint density at radius 2 is 2.29 bits per heavy atom. The second-order valence-electron chi connectivity index (χ2n) is 4.56. The number of ether oxygens (including phenoxy) is 2. The first kappa shape index (κ1) is 12.9. The number of hydrogen-bond acceptors (Lipinski definition) is 3. The molecule has 0 aliphatic carbocycles. The summed E-state index contributed by atoms with van der Waals surface area (Å²) in [5.41, 5.74) is 7.41. The Labute approximate surface area is 110 Å². The Morgan fingerprint density at radius 3 is 2.82 bits per heavy atom. The van der Waals surface area contributed by atoms with Crippen LogP contribution in [0.3, 0.4) is 0 Å². The minimum absolute atomic E-state index is 0.0298. The number of rotatable bonds is 3. The molecule has 94 valence electrons. The van der Waals surface area contributed by atoms with Crippen molar-refractivity contribution in [2.24, 2.45) is 11.7 Å². The highest BCUT2D eigenvalue weighted by Crippen LogP contribution is 2.33. The first-order valence-corrected chi connectivity index (χ1v) is 6.61. The Kier molecular flexibility index (Phi) is 4.07. The van der Waals surface area contributed by atoms with E-state index in [9.17, 15) is 0 Å². The Bertz CT molecular complexity index is 397. The van der Waals surface area contributed by atoms with Gasteiger partial charge in [-0.3, -0.25) is 0 Å². The van der Waals surface area contributed by atoms with Gasteiger partial charge >= 0.3 is 0 Å². The van der Waals surface area contributed by atoms with E-state index in [2.05, 4.69) is 22.9 Å². The van der Waals surface area contributed by atoms with Crippen molar-refractivity contribution in [2.45, 2.75) is 25.5 Å². The molecule has 1 saturated heterocycles. The molecule has 17 heavy (non-hydrogen) atoms. The Morgan fingerprint density at radius 1 is 1.53 bits per heavy atom. The minimum Gasteiger partial charge on any atom is -0.496 e. The summed E-state index contributed by atoms with van der Waals surface area (Å²) >= 11 is 3.48. The lowest BCUT2D eigenvalue weighted by Crippen LogP contribution is -2.21. The van der Waals surface area contributed by atoms with Crippen LogP contribution in [-0.2, 0) is 4.74 Å². The zero-order valence-electron chi connectivity index (χ0n) is 10.2. The van der Waals surface area contributed by atoms with Crippen LogP contribution < -0.4 is 10.5 Å². The summed E-state index contributed by atoms with van der Waals surface area (Å²) in [5, 5.41) is 0. The highest BCUT2D eigenvalue weighted by atomic mass is 79.9. The van der Waals surface area contributed by atoms with E-state index in [1.807, 2.05) is 18.2 Å². The first-order chi connectivity index (χ1) is 8.11. The normalized spacial score (nSPS) is 25.9. The number of benzene rings is 1. The zero-order chi connectivity index (χ0) is 12.4. The molecule has 3 atom stereocenters. The van der Waals surface area contributed by atoms with Gasteiger partial charge in [-0.2, -0.15) is 0 Å². The third kappa shape index (κ3) is 2.81. The highest BCUT2D eigenvalue weighted by molar-refractivity contribution is 9.10. The molecule has 1 aromatic rings. The zero-order valence-corrected chi connectivity index (χ0v) is 11.7. The minimum atomic E-state index is 0.0298. The van der Waals surface area contributed by atoms with Crippen molar-refractivity contribution >= 4 is 15.9 Å². The molecule has 2 N–H and O–H groups in total. The average Bonchev–Trinajstić information content (AvgIpc) is 2.75. The summed E-state index contributed by atoms with van der Waals surface area (Å²) in [4.78, 5) is 0. The van der Waals surface area contributed by atoms with E-state index in [4.69, 9.17) is 15.2 Å². The number of methoxy groups -OCH3 is 1. The van der Waals surface area contributed by atoms with Crippen LogP contribution in [0.15, 0.2) is 22.7 Å². The van der Waals surface area contributed by atoms with Crippen LogP contribution in [0, 0.1) is 5.92 Å². The molecule has 1 aliphatic rings. The lowest BCUT2D eigenvalue weighted by atomic mass is 9.92. The molecule has 1 aliphatic heterocycles. The molecule has 1 heterocycles. The molecule has 0 spiro atoms. The molecule has 0 bridgehead atoms. The van der Waals surface area contributed by atoms with Gasteiger partial charge in [-0.05, 0) is 47.0 Å². The quantitative estimate of drug-likeness (QED) is 0.933. The van der Waals surface area contributed by atoms with E-state index in [0.29, 0.717) is 12.0 Å². The van der Waals surface area contributed by atoms with Crippen molar-refractivity contribution in [3.05, 3.63) is 28.2 Å². The van der Waals surface area contributed by atoms with Gasteiger partial charge in [0.05, 0.1) is 24.3 Å². The van der Waals surface area contributed by atoms with Crippen molar-refractivity contribution in [3.8, 4) is 5.75 Å². The monoisotopic (exact) mass is 299 g/mol. The third-order valence-electron chi connectivity index (χ3n) is 3.30. The SMILES string of the molecule is COc1ccc(C(N)C2COC(C)C2)cc1Br. The van der Waals surface area contributed by atoms with Crippen LogP contribution in [0.4, 0.5) is 0 Å². The molecule has 3 unspecified atom stereocenters. The topological polar surface area (TPSA) is 44.5 Å². The summed E-state index contributed by atoms with van der Waals surface area (Å²) in [6, 6.07) is 6.03. The lowest BCUT2D eigenvalue weighted by Gasteiger charge is -2.19. The molecule has 1 fully saturated rings. The average molecular weight is 300 g/mol. The number of hydrogen-bond donors (Lipinski definition) is 1. The maximum Gasteiger partial charge on any atom is 0.133 e. The molecule has 0 amide bonds. The first-order valence-electron chi connectivity index (χ1n) is 5.82. The lowest BCUT2D eigenvalue weighted by molar-refractivity contribution is 0.118. The van der Waals surface area contributed by atoms with Crippen molar-refractivity contribution in [2.75, 3.05) is 13.7 Å². The number of halogens is 1. The summed E-state index contributed by atoms with van der Waals surface area (Å²) in [6.45, 7) is 2.85. The van der Waals surface area contributed by atoms with Gasteiger partial charge in [0.2, 0.25) is 0 Å². The molecule has 3 nitrogen and oxygen atoms in total. The summed E-state index contributed by atoms with van der Waals surface area (Å²) < 4.78 is 11.7. The fraction of sp³-hybridized carbons (Fsp3) is 0.538. The number of nitrogens with two attached hydrogens (primary N) is 1. The second-order valence-corrected chi connectivity index (χ2v) is 5.41. The Balaban J connectivity index is 2.14. The van der Waals surface area contributed by atoms with Crippen LogP contribution >= 0.6 is 15.9 Å². The van der Waals surface area contributed by atoms with Crippen molar-refractivity contribution in [1.82, 2.24) is 0 Å². The van der Waals surface area contributed by atoms with Crippen molar-refractivity contribution < 1.29 is 9.47 Å². The molecule has 0 saturated carbocycles. The van der Waals surface area contributed by atoms with Crippen LogP contribution in [0.1, 0.15) is 24.9 Å². The maximum atomic E-state index is 6.28. The van der Waals surface area contributed by atoms with Crippen LogP contribution in [0.25, 0.3) is 0 Å². The van der Waals surface area contributed by atoms with Crippen LogP contribution in [0.2, 0.25) is 0 Å². The van der Waals surface area contributed by atoms with Gasteiger partial charge in [-0.1, -0.05) is 6.07 Å². The van der Waals surface area contributed by atoms with E-state index < -0.39 is 0 Å². The fourth-order valence-corrected chi connectivity index (χ4v) is 2.82. The van der Waals surface area contributed by atoms with Gasteiger partial charge in [0.25, 0.3) is 0 Å². The second kappa shape index (κ2) is 5.38. The molecular weight excluding hydrogens is 282 g/mol. The molecule has 2 rings (SSSR count). The molecule has 4 heteroatoms. The van der Waals surface area contributed by atoms with Gasteiger partial charge in [0.1, 0.15) is 5.75 Å². The maximum absolute atomic E-state index is 6.28. The molecular formula is C13H18BrNO2. The van der Waals surface area contributed by atoms with E-state index in [-0.39, 0.29) is 6.04 Å². The van der Waals surface area contributed by atoms with Gasteiger partial charge in [0.15, 0.2) is 0 Å². The van der Waals surface area contributed by atoms with Crippen molar-refractivity contribution in [3.63, 3.8) is 0 Å². The predicted molar refractivity (Wildman–Crippen MR) is 71.1 cm³/mol. The fourth-order valence-electron chi connectivity index (χ4n) is 2.26. The largest absolute Gasteiger partial charge is 0.496 e. The summed E-state index contributed by atoms with van der Waals surface area (Å²) in [6.07, 6.45) is 1.36. The highest BCUT2D eigenvalue weighted by Gasteiger charge is 2.28. The standard InChI is InChI=1S/C13H18BrNO2/c1-8-5-10(7-17-8)13(15)9-3-4-12(16-2)11(14)6-9/h3-4,6,8,10,13H,5,7,15H2,1-2H3. The molecule has 0 radical (unpaired) electrons. The van der Waals surface area contributed by atoms with Crippen molar-refractivity contribution in [1.29, 1.82) is 0 Å². The van der Waals surface area contributed by atoms with E-state index >= 15 is 0 Å². The summed E-state index contributed by atoms with van der Waals surface area (Å²) in [5.74, 6) is 1.24. The van der Waals surface area contributed by atoms with Gasteiger partial charge in [-0.15, -0.1) is 0 Å². The van der Waals surface area contributed by atoms with Gasteiger partial charge < -0.3 is 15.2 Å². The van der Waals surface area contributed by atoms with Crippen LogP contribution in [0.5, 0.6) is 5.75 Å². The van der Waals surface area contributed by atoms with Crippen LogP contribution in [-0.4, -0.2) is 19.8 Å². The van der Waals surface area contributed by atoms with E-state index in [1.165, 1.54) is 0 Å². The Hall–Kier alpha value is -0.580.